The normalized spacial score (nSPS) is 7.07. The number of primary amides is 2. The Kier molecular flexibility index (Phi) is 15.0. The summed E-state index contributed by atoms with van der Waals surface area (Å²) in [5.41, 5.74) is 14.5. The lowest BCUT2D eigenvalue weighted by molar-refractivity contribution is -0.132. The molecule has 0 aliphatic heterocycles. The fourth-order valence-electron chi connectivity index (χ4n) is 0. The predicted octanol–water partition coefficient (Wildman–Crippen LogP) is 0.540. The van der Waals surface area contributed by atoms with Gasteiger partial charge in [-0.2, -0.15) is 0 Å². The molecule has 0 aromatic rings. The molecular weight excluding hydrogens is 198 g/mol. The fraction of sp³-hybridized carbons (Fsp3) is 0.333. The molecule has 88 valence electrons. The topological polar surface area (TPSA) is 132 Å². The first-order valence-corrected chi connectivity index (χ1v) is 4.02. The Hall–Kier alpha value is -1.98. The molecule has 0 fully saturated rings. The summed E-state index contributed by atoms with van der Waals surface area (Å²) in [7, 11) is 0. The summed E-state index contributed by atoms with van der Waals surface area (Å²) in [4.78, 5) is 18.6. The highest BCUT2D eigenvalue weighted by atomic mass is 16.4. The summed E-state index contributed by atoms with van der Waals surface area (Å²) in [6.07, 6.45) is 0.889. The number of hydrogen-bond donors (Lipinski definition) is 4. The highest BCUT2D eigenvalue weighted by molar-refractivity contribution is 5.84. The largest absolute Gasteiger partial charge is 0.478 e. The molecule has 0 rings (SSSR count). The van der Waals surface area contributed by atoms with Crippen molar-refractivity contribution in [3.63, 3.8) is 0 Å². The molecule has 6 nitrogen and oxygen atoms in total. The molecule has 6 heteroatoms. The molecule has 0 aromatic heterocycles. The van der Waals surface area contributed by atoms with Gasteiger partial charge in [-0.3, -0.25) is 0 Å². The molecule has 0 heterocycles. The van der Waals surface area contributed by atoms with Crippen molar-refractivity contribution in [2.45, 2.75) is 20.3 Å². The van der Waals surface area contributed by atoms with Gasteiger partial charge in [-0.25, -0.2) is 9.59 Å². The van der Waals surface area contributed by atoms with E-state index in [-0.39, 0.29) is 5.57 Å². The van der Waals surface area contributed by atoms with Gasteiger partial charge in [0.2, 0.25) is 0 Å². The van der Waals surface area contributed by atoms with Crippen molar-refractivity contribution in [1.82, 2.24) is 0 Å². The summed E-state index contributed by atoms with van der Waals surface area (Å²) in [6, 6.07) is -0.833. The Balaban J connectivity index is -0.000000147. The zero-order valence-corrected chi connectivity index (χ0v) is 9.12. The monoisotopic (exact) mass is 217 g/mol. The number of carbonyl (C=O) groups excluding carboxylic acids is 1. The summed E-state index contributed by atoms with van der Waals surface area (Å²) in [6.45, 7) is 10.0. The molecular formula is C9H19N3O3. The molecule has 0 bridgehead atoms. The molecule has 7 N–H and O–H groups in total. The minimum atomic E-state index is -0.935. The van der Waals surface area contributed by atoms with Gasteiger partial charge in [0.05, 0.1) is 0 Å². The number of allylic oxidation sites excluding steroid dienone is 1. The van der Waals surface area contributed by atoms with Crippen molar-refractivity contribution in [3.05, 3.63) is 24.4 Å². The van der Waals surface area contributed by atoms with Gasteiger partial charge in [0, 0.05) is 11.3 Å². The number of rotatable bonds is 2. The van der Waals surface area contributed by atoms with Crippen molar-refractivity contribution in [2.24, 2.45) is 17.2 Å². The Morgan fingerprint density at radius 1 is 1.20 bits per heavy atom. The van der Waals surface area contributed by atoms with Crippen LogP contribution in [-0.4, -0.2) is 17.1 Å². The third kappa shape index (κ3) is 74.7. The Labute approximate surface area is 89.4 Å². The van der Waals surface area contributed by atoms with E-state index in [1.54, 1.807) is 0 Å². The summed E-state index contributed by atoms with van der Waals surface area (Å²) >= 11 is 0. The number of carbonyl (C=O) groups is 2. The van der Waals surface area contributed by atoms with Crippen LogP contribution >= 0.6 is 0 Å². The average molecular weight is 217 g/mol. The molecule has 0 aromatic carbocycles. The van der Waals surface area contributed by atoms with Crippen LogP contribution in [0.15, 0.2) is 24.4 Å². The fourth-order valence-corrected chi connectivity index (χ4v) is 0. The number of aliphatic carboxylic acids is 1. The first kappa shape index (κ1) is 18.7. The summed E-state index contributed by atoms with van der Waals surface area (Å²) in [5.74, 6) is -0.935. The van der Waals surface area contributed by atoms with E-state index in [9.17, 15) is 4.79 Å². The minimum absolute atomic E-state index is 0.176. The third-order valence-corrected chi connectivity index (χ3v) is 0.819. The molecule has 0 aliphatic rings. The van der Waals surface area contributed by atoms with E-state index in [4.69, 9.17) is 15.6 Å². The van der Waals surface area contributed by atoms with Crippen molar-refractivity contribution < 1.29 is 14.7 Å². The van der Waals surface area contributed by atoms with E-state index < -0.39 is 12.0 Å². The van der Waals surface area contributed by atoms with Crippen LogP contribution in [0.25, 0.3) is 0 Å². The van der Waals surface area contributed by atoms with E-state index in [1.165, 1.54) is 6.92 Å². The highest BCUT2D eigenvalue weighted by Crippen LogP contribution is 1.81. The zero-order chi connectivity index (χ0) is 13.0. The number of carboxylic acids is 1. The van der Waals surface area contributed by atoms with Crippen LogP contribution in [0.2, 0.25) is 0 Å². The SMILES string of the molecule is C=C(C)C(=O)O.C=C(N)CC.NC(N)=O. The molecule has 0 spiro atoms. The molecule has 15 heavy (non-hydrogen) atoms. The maximum Gasteiger partial charge on any atom is 0.330 e. The molecule has 0 aliphatic carbocycles. The smallest absolute Gasteiger partial charge is 0.330 e. The molecule has 0 saturated heterocycles. The van der Waals surface area contributed by atoms with E-state index in [0.717, 1.165) is 12.1 Å². The minimum Gasteiger partial charge on any atom is -0.478 e. The third-order valence-electron chi connectivity index (χ3n) is 0.819. The highest BCUT2D eigenvalue weighted by Gasteiger charge is 1.90. The lowest BCUT2D eigenvalue weighted by atomic mass is 10.4. The van der Waals surface area contributed by atoms with Crippen LogP contribution in [-0.2, 0) is 4.79 Å². The van der Waals surface area contributed by atoms with Crippen molar-refractivity contribution in [2.75, 3.05) is 0 Å². The van der Waals surface area contributed by atoms with Crippen LogP contribution in [0, 0.1) is 0 Å². The van der Waals surface area contributed by atoms with Gasteiger partial charge in [-0.15, -0.1) is 0 Å². The molecule has 0 saturated carbocycles. The number of hydrogen-bond acceptors (Lipinski definition) is 3. The summed E-state index contributed by atoms with van der Waals surface area (Å²) < 4.78 is 0. The van der Waals surface area contributed by atoms with Gasteiger partial charge in [-0.1, -0.05) is 20.1 Å². The van der Waals surface area contributed by atoms with Crippen molar-refractivity contribution >= 4 is 12.0 Å². The van der Waals surface area contributed by atoms with E-state index in [1.807, 2.05) is 6.92 Å². The standard InChI is InChI=1S/C4H9N.C4H6O2.CH4N2O/c1-3-4(2)5;1-3(2)4(5)6;2-1(3)4/h2-3,5H2,1H3;1H2,2H3,(H,5,6);(H4,2,3,4). The van der Waals surface area contributed by atoms with E-state index in [0.29, 0.717) is 0 Å². The second-order valence-electron chi connectivity index (χ2n) is 2.50. The molecule has 0 unspecified atom stereocenters. The van der Waals surface area contributed by atoms with Gasteiger partial charge in [0.1, 0.15) is 0 Å². The number of amides is 2. The van der Waals surface area contributed by atoms with Gasteiger partial charge >= 0.3 is 12.0 Å². The maximum absolute atomic E-state index is 9.60. The van der Waals surface area contributed by atoms with Gasteiger partial charge in [0.15, 0.2) is 0 Å². The van der Waals surface area contributed by atoms with Gasteiger partial charge < -0.3 is 22.3 Å². The Bertz CT molecular complexity index is 221. The molecule has 0 atom stereocenters. The van der Waals surface area contributed by atoms with Crippen LogP contribution in [0.5, 0.6) is 0 Å². The molecule has 0 radical (unpaired) electrons. The number of carboxylic acid groups (broad SMARTS) is 1. The van der Waals surface area contributed by atoms with Crippen LogP contribution in [0.3, 0.4) is 0 Å². The number of nitrogens with two attached hydrogens (primary N) is 3. The van der Waals surface area contributed by atoms with Crippen molar-refractivity contribution in [3.8, 4) is 0 Å². The quantitative estimate of drug-likeness (QED) is 0.502. The zero-order valence-electron chi connectivity index (χ0n) is 9.12. The second-order valence-corrected chi connectivity index (χ2v) is 2.50. The lowest BCUT2D eigenvalue weighted by Gasteiger charge is -1.81. The lowest BCUT2D eigenvalue weighted by Crippen LogP contribution is -2.18. The van der Waals surface area contributed by atoms with Crippen LogP contribution in [0.1, 0.15) is 20.3 Å². The first-order valence-electron chi connectivity index (χ1n) is 4.02. The second kappa shape index (κ2) is 12.0. The maximum atomic E-state index is 9.60. The Morgan fingerprint density at radius 3 is 1.33 bits per heavy atom. The predicted molar refractivity (Wildman–Crippen MR) is 59.8 cm³/mol. The van der Waals surface area contributed by atoms with Crippen molar-refractivity contribution in [1.29, 1.82) is 0 Å². The Morgan fingerprint density at radius 2 is 1.33 bits per heavy atom. The molecule has 2 amide bonds. The van der Waals surface area contributed by atoms with Crippen LogP contribution < -0.4 is 17.2 Å². The van der Waals surface area contributed by atoms with E-state index in [2.05, 4.69) is 24.6 Å². The number of urea groups is 1. The van der Waals surface area contributed by atoms with Gasteiger partial charge in [0.25, 0.3) is 0 Å². The summed E-state index contributed by atoms with van der Waals surface area (Å²) in [5, 5.41) is 7.89. The average Bonchev–Trinajstić information content (AvgIpc) is 2.04. The first-order chi connectivity index (χ1) is 6.64. The van der Waals surface area contributed by atoms with Gasteiger partial charge in [-0.05, 0) is 13.3 Å². The van der Waals surface area contributed by atoms with Crippen LogP contribution in [0.4, 0.5) is 4.79 Å². The van der Waals surface area contributed by atoms with E-state index >= 15 is 0 Å².